The monoisotopic (exact) mass is 499 g/mol. The molecule has 0 bridgehead atoms. The fraction of sp³-hybridized carbons (Fsp3) is 0.136. The van der Waals surface area contributed by atoms with Crippen LogP contribution in [0.1, 0.15) is 23.6 Å². The zero-order valence-electron chi connectivity index (χ0n) is 17.7. The Morgan fingerprint density at radius 3 is 2.40 bits per heavy atom. The second kappa shape index (κ2) is 9.85. The zero-order valence-corrected chi connectivity index (χ0v) is 18.6. The Balaban J connectivity index is 1.58. The van der Waals surface area contributed by atoms with Crippen LogP contribution in [0.5, 0.6) is 11.6 Å². The fourth-order valence-corrected chi connectivity index (χ4v) is 4.33. The molecule has 4 rings (SSSR count). The number of halogens is 1. The van der Waals surface area contributed by atoms with Gasteiger partial charge in [-0.2, -0.15) is 0 Å². The molecule has 180 valence electrons. The van der Waals surface area contributed by atoms with Crippen molar-refractivity contribution in [2.75, 3.05) is 5.32 Å². The number of rotatable bonds is 6. The van der Waals surface area contributed by atoms with E-state index in [2.05, 4.69) is 20.6 Å². The van der Waals surface area contributed by atoms with Crippen LogP contribution in [0.3, 0.4) is 0 Å². The van der Waals surface area contributed by atoms with Crippen LogP contribution in [0.2, 0.25) is 0 Å². The van der Waals surface area contributed by atoms with Crippen LogP contribution in [0, 0.1) is 5.82 Å². The number of amides is 2. The molecule has 1 fully saturated rings. The van der Waals surface area contributed by atoms with Gasteiger partial charge in [0.25, 0.3) is 5.56 Å². The number of H-pyrrole nitrogens is 2. The number of anilines is 1. The summed E-state index contributed by atoms with van der Waals surface area (Å²) in [7, 11) is 0. The van der Waals surface area contributed by atoms with Gasteiger partial charge in [0.1, 0.15) is 28.4 Å². The molecule has 2 aromatic carbocycles. The number of amidine groups is 1. The second-order valence-corrected chi connectivity index (χ2v) is 8.65. The molecule has 2 heterocycles. The van der Waals surface area contributed by atoms with Gasteiger partial charge in [-0.1, -0.05) is 23.9 Å². The van der Waals surface area contributed by atoms with Crippen molar-refractivity contribution in [1.82, 2.24) is 15.3 Å². The van der Waals surface area contributed by atoms with Crippen molar-refractivity contribution in [2.24, 2.45) is 4.99 Å². The number of aromatic hydroxyl groups is 2. The van der Waals surface area contributed by atoms with E-state index in [1.54, 1.807) is 0 Å². The molecule has 13 heteroatoms. The molecule has 1 saturated heterocycles. The van der Waals surface area contributed by atoms with Crippen LogP contribution in [0.25, 0.3) is 0 Å². The van der Waals surface area contributed by atoms with Crippen LogP contribution < -0.4 is 21.9 Å². The van der Waals surface area contributed by atoms with Crippen molar-refractivity contribution >= 4 is 34.4 Å². The van der Waals surface area contributed by atoms with E-state index in [4.69, 9.17) is 0 Å². The van der Waals surface area contributed by atoms with Crippen molar-refractivity contribution < 1.29 is 24.2 Å². The third-order valence-electron chi connectivity index (χ3n) is 4.96. The Kier molecular flexibility index (Phi) is 6.68. The minimum atomic E-state index is -1.16. The van der Waals surface area contributed by atoms with Gasteiger partial charge >= 0.3 is 5.69 Å². The molecular formula is C22H18FN5O6S. The molecule has 2 unspecified atom stereocenters. The Bertz CT molecular complexity index is 1420. The number of nitrogens with one attached hydrogen (secondary N) is 4. The minimum absolute atomic E-state index is 0.0458. The molecule has 0 aliphatic carbocycles. The summed E-state index contributed by atoms with van der Waals surface area (Å²) in [6, 6.07) is 9.61. The first-order chi connectivity index (χ1) is 16.7. The minimum Gasteiger partial charge on any atom is -0.508 e. The lowest BCUT2D eigenvalue weighted by Crippen LogP contribution is -2.29. The highest BCUT2D eigenvalue weighted by Gasteiger charge is 2.33. The van der Waals surface area contributed by atoms with Crippen LogP contribution in [-0.2, 0) is 9.59 Å². The highest BCUT2D eigenvalue weighted by atomic mass is 32.2. The van der Waals surface area contributed by atoms with Crippen LogP contribution in [0.4, 0.5) is 10.1 Å². The van der Waals surface area contributed by atoms with E-state index in [0.29, 0.717) is 11.3 Å². The summed E-state index contributed by atoms with van der Waals surface area (Å²) < 4.78 is 13.0. The molecule has 3 aromatic rings. The van der Waals surface area contributed by atoms with E-state index < -0.39 is 46.1 Å². The van der Waals surface area contributed by atoms with E-state index in [9.17, 15) is 33.8 Å². The van der Waals surface area contributed by atoms with Crippen molar-refractivity contribution in [3.05, 3.63) is 86.3 Å². The van der Waals surface area contributed by atoms with Gasteiger partial charge in [0.2, 0.25) is 17.7 Å². The van der Waals surface area contributed by atoms with E-state index in [1.165, 1.54) is 48.5 Å². The van der Waals surface area contributed by atoms with E-state index in [-0.39, 0.29) is 22.9 Å². The van der Waals surface area contributed by atoms with Crippen molar-refractivity contribution in [3.8, 4) is 11.6 Å². The van der Waals surface area contributed by atoms with Gasteiger partial charge in [0.05, 0.1) is 0 Å². The Hall–Kier alpha value is -4.39. The molecule has 0 radical (unpaired) electrons. The third kappa shape index (κ3) is 5.58. The molecule has 1 aliphatic heterocycles. The summed E-state index contributed by atoms with van der Waals surface area (Å²) in [5.74, 6) is -2.17. The first-order valence-corrected chi connectivity index (χ1v) is 11.0. The number of phenolic OH excluding ortho intramolecular Hbond substituents is 1. The summed E-state index contributed by atoms with van der Waals surface area (Å²) in [6.45, 7) is 0. The fourth-order valence-electron chi connectivity index (χ4n) is 3.33. The summed E-state index contributed by atoms with van der Waals surface area (Å²) in [6.07, 6.45) is -0.207. The molecule has 2 atom stereocenters. The largest absolute Gasteiger partial charge is 0.508 e. The predicted octanol–water partition coefficient (Wildman–Crippen LogP) is 1.32. The Labute approximate surface area is 200 Å². The first kappa shape index (κ1) is 23.8. The van der Waals surface area contributed by atoms with Gasteiger partial charge in [-0.15, -0.1) is 0 Å². The number of phenols is 1. The number of aliphatic imine (C=N–C) groups is 1. The normalized spacial score (nSPS) is 17.2. The van der Waals surface area contributed by atoms with Gasteiger partial charge in [-0.3, -0.25) is 24.4 Å². The maximum atomic E-state index is 13.0. The quantitative estimate of drug-likeness (QED) is 0.296. The van der Waals surface area contributed by atoms with Gasteiger partial charge < -0.3 is 20.8 Å². The first-order valence-electron chi connectivity index (χ1n) is 10.1. The van der Waals surface area contributed by atoms with Crippen LogP contribution in [0.15, 0.2) is 63.1 Å². The second-order valence-electron chi connectivity index (χ2n) is 7.45. The molecule has 0 saturated carbocycles. The maximum Gasteiger partial charge on any atom is 0.328 e. The molecule has 35 heavy (non-hydrogen) atoms. The van der Waals surface area contributed by atoms with Crippen molar-refractivity contribution in [1.29, 1.82) is 0 Å². The van der Waals surface area contributed by atoms with E-state index in [1.807, 2.05) is 4.98 Å². The third-order valence-corrected chi connectivity index (χ3v) is 6.06. The number of carbonyl (C=O) groups is 2. The molecule has 1 aromatic heterocycles. The van der Waals surface area contributed by atoms with Gasteiger partial charge in [0, 0.05) is 12.1 Å². The lowest BCUT2D eigenvalue weighted by atomic mass is 10.0. The summed E-state index contributed by atoms with van der Waals surface area (Å²) >= 11 is 0.949. The highest BCUT2D eigenvalue weighted by Crippen LogP contribution is 2.32. The van der Waals surface area contributed by atoms with Crippen molar-refractivity contribution in [3.63, 3.8) is 0 Å². The number of aromatic amines is 2. The highest BCUT2D eigenvalue weighted by molar-refractivity contribution is 8.15. The topological polar surface area (TPSA) is 177 Å². The lowest BCUT2D eigenvalue weighted by Gasteiger charge is -2.14. The zero-order chi connectivity index (χ0) is 25.1. The average Bonchev–Trinajstić information content (AvgIpc) is 3.13. The average molecular weight is 499 g/mol. The molecule has 6 N–H and O–H groups in total. The van der Waals surface area contributed by atoms with Crippen LogP contribution in [-0.4, -0.2) is 42.4 Å². The number of hydrogen-bond donors (Lipinski definition) is 6. The SMILES string of the molecule is O=C(CC1SC(=NC(c2ccc(O)cc2)c2c(O)[nH]c(=O)[nH]c2=O)NC1=O)Nc1ccc(F)cc1. The number of nitrogens with zero attached hydrogens (tertiary/aromatic N) is 1. The standard InChI is InChI=1S/C22H18FN5O6S/c23-11-3-5-12(6-4-11)24-15(30)9-14-18(31)28-22(35-14)25-17(10-1-7-13(29)8-2-10)16-19(32)26-21(34)27-20(16)33/h1-8,14,17,29H,9H2,(H,24,30)(H,25,28,31)(H3,26,27,32,33,34). The Morgan fingerprint density at radius 1 is 1.06 bits per heavy atom. The number of hydrogen-bond acceptors (Lipinski definition) is 8. The summed E-state index contributed by atoms with van der Waals surface area (Å²) in [5, 5.41) is 24.2. The number of aromatic nitrogens is 2. The van der Waals surface area contributed by atoms with Gasteiger partial charge in [-0.05, 0) is 42.0 Å². The molecular weight excluding hydrogens is 481 g/mol. The van der Waals surface area contributed by atoms with Gasteiger partial charge in [0.15, 0.2) is 5.17 Å². The van der Waals surface area contributed by atoms with E-state index in [0.717, 1.165) is 11.8 Å². The maximum absolute atomic E-state index is 13.0. The summed E-state index contributed by atoms with van der Waals surface area (Å²) in [4.78, 5) is 57.3. The predicted molar refractivity (Wildman–Crippen MR) is 126 cm³/mol. The number of thioether (sulfide) groups is 1. The van der Waals surface area contributed by atoms with Crippen LogP contribution >= 0.6 is 11.8 Å². The molecule has 0 spiro atoms. The van der Waals surface area contributed by atoms with Gasteiger partial charge in [-0.25, -0.2) is 14.2 Å². The smallest absolute Gasteiger partial charge is 0.328 e. The summed E-state index contributed by atoms with van der Waals surface area (Å²) in [5.41, 5.74) is -1.35. The molecule has 1 aliphatic rings. The van der Waals surface area contributed by atoms with E-state index >= 15 is 0 Å². The lowest BCUT2D eigenvalue weighted by molar-refractivity contribution is -0.122. The number of carbonyl (C=O) groups excluding carboxylic acids is 2. The number of benzene rings is 2. The molecule has 2 amide bonds. The van der Waals surface area contributed by atoms with Crippen molar-refractivity contribution in [2.45, 2.75) is 17.7 Å². The molecule has 11 nitrogen and oxygen atoms in total. The Morgan fingerprint density at radius 2 is 1.74 bits per heavy atom.